The van der Waals surface area contributed by atoms with Crippen molar-refractivity contribution >= 4 is 6.29 Å². The van der Waals surface area contributed by atoms with Crippen LogP contribution in [0.25, 0.3) is 0 Å². The maximum atomic E-state index is 10.9. The van der Waals surface area contributed by atoms with Crippen LogP contribution in [0.2, 0.25) is 0 Å². The summed E-state index contributed by atoms with van der Waals surface area (Å²) in [6, 6.07) is 0. The molecule has 1 unspecified atom stereocenters. The van der Waals surface area contributed by atoms with E-state index in [9.17, 15) is 4.79 Å². The minimum absolute atomic E-state index is 0.120. The van der Waals surface area contributed by atoms with E-state index in [0.717, 1.165) is 25.8 Å². The number of hydrogen-bond donors (Lipinski definition) is 0. The Balaban J connectivity index is 2.02. The Hall–Kier alpha value is -0.410. The molecule has 0 saturated carbocycles. The first-order valence-electron chi connectivity index (χ1n) is 4.49. The molecule has 0 aromatic heterocycles. The van der Waals surface area contributed by atoms with Crippen LogP contribution in [0.4, 0.5) is 0 Å². The fraction of sp³-hybridized carbons (Fsp3) is 0.889. The lowest BCUT2D eigenvalue weighted by molar-refractivity contribution is -0.158. The van der Waals surface area contributed by atoms with Gasteiger partial charge in [-0.3, -0.25) is 0 Å². The van der Waals surface area contributed by atoms with Crippen molar-refractivity contribution in [3.05, 3.63) is 0 Å². The normalized spacial score (nSPS) is 34.6. The average Bonchev–Trinajstić information content (AvgIpc) is 2.35. The van der Waals surface area contributed by atoms with Gasteiger partial charge < -0.3 is 14.4 Å². The zero-order chi connectivity index (χ0) is 8.60. The van der Waals surface area contributed by atoms with E-state index in [0.29, 0.717) is 19.1 Å². The number of carbonyl (C=O) groups is 1. The van der Waals surface area contributed by atoms with Gasteiger partial charge in [0.2, 0.25) is 0 Å². The molecule has 2 fully saturated rings. The number of rotatable bonds is 2. The van der Waals surface area contributed by atoms with Gasteiger partial charge in [0, 0.05) is 6.54 Å². The summed E-state index contributed by atoms with van der Waals surface area (Å²) in [4.78, 5) is 13.2. The quantitative estimate of drug-likeness (QED) is 0.551. The maximum Gasteiger partial charge on any atom is 0.131 e. The van der Waals surface area contributed by atoms with E-state index < -0.39 is 0 Å². The van der Waals surface area contributed by atoms with E-state index >= 15 is 0 Å². The predicted octanol–water partition coefficient (Wildman–Crippen LogP) is 0.154. The van der Waals surface area contributed by atoms with Crippen molar-refractivity contribution in [2.75, 3.05) is 33.4 Å². The van der Waals surface area contributed by atoms with Gasteiger partial charge in [-0.15, -0.1) is 0 Å². The third-order valence-electron chi connectivity index (χ3n) is 3.18. The molecule has 0 spiro atoms. The highest BCUT2D eigenvalue weighted by Crippen LogP contribution is 2.38. The van der Waals surface area contributed by atoms with Gasteiger partial charge in [0.15, 0.2) is 0 Å². The number of nitrogens with zero attached hydrogens (tertiary/aromatic N) is 1. The van der Waals surface area contributed by atoms with E-state index in [-0.39, 0.29) is 5.41 Å². The standard InChI is InChI=1S/C9H15NO2/c1-10-3-2-8(4-10)9(5-11)6-12-7-9/h5,8H,2-4,6-7H2,1H3. The molecule has 0 radical (unpaired) electrons. The summed E-state index contributed by atoms with van der Waals surface area (Å²) >= 11 is 0. The molecular formula is C9H15NO2. The van der Waals surface area contributed by atoms with Crippen LogP contribution in [-0.2, 0) is 9.53 Å². The topological polar surface area (TPSA) is 29.5 Å². The van der Waals surface area contributed by atoms with E-state index in [1.54, 1.807) is 0 Å². The number of aldehydes is 1. The van der Waals surface area contributed by atoms with Gasteiger partial charge in [0.25, 0.3) is 0 Å². The maximum absolute atomic E-state index is 10.9. The second-order valence-electron chi connectivity index (χ2n) is 4.09. The summed E-state index contributed by atoms with van der Waals surface area (Å²) in [6.45, 7) is 3.48. The fourth-order valence-corrected chi connectivity index (χ4v) is 2.14. The molecule has 2 heterocycles. The molecule has 2 aliphatic heterocycles. The summed E-state index contributed by atoms with van der Waals surface area (Å²) in [7, 11) is 2.11. The zero-order valence-electron chi connectivity index (χ0n) is 7.45. The Bertz CT molecular complexity index is 189. The van der Waals surface area contributed by atoms with E-state index in [4.69, 9.17) is 4.74 Å². The molecule has 0 aromatic carbocycles. The minimum Gasteiger partial charge on any atom is -0.379 e. The van der Waals surface area contributed by atoms with Crippen LogP contribution in [0.5, 0.6) is 0 Å². The molecule has 3 nitrogen and oxygen atoms in total. The van der Waals surface area contributed by atoms with E-state index in [1.807, 2.05) is 0 Å². The predicted molar refractivity (Wildman–Crippen MR) is 44.9 cm³/mol. The van der Waals surface area contributed by atoms with E-state index in [1.165, 1.54) is 0 Å². The van der Waals surface area contributed by atoms with Crippen molar-refractivity contribution in [2.45, 2.75) is 6.42 Å². The largest absolute Gasteiger partial charge is 0.379 e. The third kappa shape index (κ3) is 1.08. The van der Waals surface area contributed by atoms with Gasteiger partial charge >= 0.3 is 0 Å². The van der Waals surface area contributed by atoms with Crippen LogP contribution in [-0.4, -0.2) is 44.5 Å². The van der Waals surface area contributed by atoms with Crippen molar-refractivity contribution in [3.63, 3.8) is 0 Å². The Morgan fingerprint density at radius 3 is 2.67 bits per heavy atom. The smallest absolute Gasteiger partial charge is 0.131 e. The average molecular weight is 169 g/mol. The van der Waals surface area contributed by atoms with Crippen LogP contribution in [0.1, 0.15) is 6.42 Å². The monoisotopic (exact) mass is 169 g/mol. The molecule has 0 aliphatic carbocycles. The number of carbonyl (C=O) groups excluding carboxylic acids is 1. The van der Waals surface area contributed by atoms with Crippen LogP contribution < -0.4 is 0 Å². The first-order valence-corrected chi connectivity index (χ1v) is 4.49. The van der Waals surface area contributed by atoms with Crippen molar-refractivity contribution in [3.8, 4) is 0 Å². The van der Waals surface area contributed by atoms with Crippen LogP contribution >= 0.6 is 0 Å². The fourth-order valence-electron chi connectivity index (χ4n) is 2.14. The summed E-state index contributed by atoms with van der Waals surface area (Å²) in [5.74, 6) is 0.536. The summed E-state index contributed by atoms with van der Waals surface area (Å²) < 4.78 is 5.13. The molecule has 1 atom stereocenters. The lowest BCUT2D eigenvalue weighted by Gasteiger charge is -2.41. The summed E-state index contributed by atoms with van der Waals surface area (Å²) in [5.41, 5.74) is -0.120. The van der Waals surface area contributed by atoms with Gasteiger partial charge in [0.05, 0.1) is 18.6 Å². The molecule has 3 heteroatoms. The van der Waals surface area contributed by atoms with Crippen molar-refractivity contribution < 1.29 is 9.53 Å². The number of likely N-dealkylation sites (tertiary alicyclic amines) is 1. The molecule has 2 aliphatic rings. The molecule has 0 N–H and O–H groups in total. The van der Waals surface area contributed by atoms with Gasteiger partial charge in [-0.1, -0.05) is 0 Å². The Kier molecular flexibility index (Phi) is 1.93. The highest BCUT2D eigenvalue weighted by molar-refractivity contribution is 5.62. The third-order valence-corrected chi connectivity index (χ3v) is 3.18. The molecule has 68 valence electrons. The second kappa shape index (κ2) is 2.82. The zero-order valence-corrected chi connectivity index (χ0v) is 7.45. The van der Waals surface area contributed by atoms with Crippen LogP contribution in [0.3, 0.4) is 0 Å². The van der Waals surface area contributed by atoms with Gasteiger partial charge in [-0.2, -0.15) is 0 Å². The molecule has 12 heavy (non-hydrogen) atoms. The highest BCUT2D eigenvalue weighted by Gasteiger charge is 2.47. The van der Waals surface area contributed by atoms with Gasteiger partial charge in [-0.25, -0.2) is 0 Å². The SMILES string of the molecule is CN1CCC(C2(C=O)COC2)C1. The Morgan fingerprint density at radius 2 is 2.33 bits per heavy atom. The Labute approximate surface area is 72.7 Å². The minimum atomic E-state index is -0.120. The second-order valence-corrected chi connectivity index (χ2v) is 4.09. The molecule has 2 rings (SSSR count). The van der Waals surface area contributed by atoms with Crippen molar-refractivity contribution in [2.24, 2.45) is 11.3 Å². The van der Waals surface area contributed by atoms with Crippen molar-refractivity contribution in [1.82, 2.24) is 4.90 Å². The number of hydrogen-bond acceptors (Lipinski definition) is 3. The summed E-state index contributed by atoms with van der Waals surface area (Å²) in [6.07, 6.45) is 2.26. The molecule has 2 saturated heterocycles. The van der Waals surface area contributed by atoms with Crippen LogP contribution in [0, 0.1) is 11.3 Å². The first-order chi connectivity index (χ1) is 5.77. The molecular weight excluding hydrogens is 154 g/mol. The van der Waals surface area contributed by atoms with Crippen molar-refractivity contribution in [1.29, 1.82) is 0 Å². The molecule has 0 aromatic rings. The lowest BCUT2D eigenvalue weighted by Crippen LogP contribution is -2.50. The summed E-state index contributed by atoms with van der Waals surface area (Å²) in [5, 5.41) is 0. The molecule has 0 amide bonds. The number of ether oxygens (including phenoxy) is 1. The first kappa shape index (κ1) is 8.20. The van der Waals surface area contributed by atoms with Gasteiger partial charge in [0.1, 0.15) is 6.29 Å². The van der Waals surface area contributed by atoms with Gasteiger partial charge in [-0.05, 0) is 25.9 Å². The highest BCUT2D eigenvalue weighted by atomic mass is 16.5. The Morgan fingerprint density at radius 1 is 1.58 bits per heavy atom. The van der Waals surface area contributed by atoms with E-state index in [2.05, 4.69) is 11.9 Å². The lowest BCUT2D eigenvalue weighted by atomic mass is 9.74. The molecule has 0 bridgehead atoms. The van der Waals surface area contributed by atoms with Crippen LogP contribution in [0.15, 0.2) is 0 Å².